The molecule has 0 saturated heterocycles. The first-order valence-corrected chi connectivity index (χ1v) is 5.31. The maximum absolute atomic E-state index is 13.3. The zero-order chi connectivity index (χ0) is 12.1. The van der Waals surface area contributed by atoms with E-state index in [-0.39, 0.29) is 23.3 Å². The molecule has 0 aliphatic heterocycles. The van der Waals surface area contributed by atoms with Crippen LogP contribution < -0.4 is 5.32 Å². The quantitative estimate of drug-likeness (QED) is 0.774. The number of aromatic hydroxyl groups is 1. The molecule has 1 atom stereocenters. The lowest BCUT2D eigenvalue weighted by molar-refractivity contribution is -0.117. The molecule has 1 unspecified atom stereocenters. The Balaban J connectivity index is 2.63. The van der Waals surface area contributed by atoms with Crippen LogP contribution in [-0.4, -0.2) is 11.0 Å². The second kappa shape index (κ2) is 5.49. The lowest BCUT2D eigenvalue weighted by Crippen LogP contribution is -2.15. The molecule has 1 aromatic rings. The first-order valence-electron chi connectivity index (χ1n) is 5.31. The summed E-state index contributed by atoms with van der Waals surface area (Å²) in [6, 6.07) is 3.65. The zero-order valence-corrected chi connectivity index (χ0v) is 9.46. The Morgan fingerprint density at radius 2 is 2.25 bits per heavy atom. The van der Waals surface area contributed by atoms with E-state index in [1.807, 2.05) is 13.8 Å². The predicted octanol–water partition coefficient (Wildman–Crippen LogP) is 2.91. The zero-order valence-electron chi connectivity index (χ0n) is 9.46. The molecule has 0 saturated carbocycles. The number of rotatable bonds is 4. The predicted molar refractivity (Wildman–Crippen MR) is 60.8 cm³/mol. The number of carbonyl (C=O) groups excluding carboxylic acids is 1. The molecule has 0 bridgehead atoms. The van der Waals surface area contributed by atoms with Crippen molar-refractivity contribution >= 4 is 11.6 Å². The third kappa shape index (κ3) is 3.53. The molecule has 4 heteroatoms. The molecule has 0 spiro atoms. The van der Waals surface area contributed by atoms with Crippen molar-refractivity contribution in [1.29, 1.82) is 0 Å². The van der Waals surface area contributed by atoms with Gasteiger partial charge < -0.3 is 10.4 Å². The van der Waals surface area contributed by atoms with E-state index >= 15 is 0 Å². The molecular weight excluding hydrogens is 209 g/mol. The fourth-order valence-electron chi connectivity index (χ4n) is 1.27. The monoisotopic (exact) mass is 225 g/mol. The summed E-state index contributed by atoms with van der Waals surface area (Å²) < 4.78 is 13.3. The number of nitrogens with one attached hydrogen (secondary N) is 1. The van der Waals surface area contributed by atoms with Gasteiger partial charge >= 0.3 is 0 Å². The minimum Gasteiger partial charge on any atom is -0.508 e. The second-order valence-electron chi connectivity index (χ2n) is 3.93. The Morgan fingerprint density at radius 3 is 2.81 bits per heavy atom. The Hall–Kier alpha value is -1.58. The van der Waals surface area contributed by atoms with Gasteiger partial charge in [-0.05, 0) is 18.1 Å². The number of hydrogen-bond donors (Lipinski definition) is 2. The van der Waals surface area contributed by atoms with Crippen LogP contribution in [0.3, 0.4) is 0 Å². The smallest absolute Gasteiger partial charge is 0.224 e. The van der Waals surface area contributed by atoms with Gasteiger partial charge in [0.25, 0.3) is 0 Å². The molecule has 0 aliphatic rings. The summed E-state index contributed by atoms with van der Waals surface area (Å²) in [4.78, 5) is 11.5. The highest BCUT2D eigenvalue weighted by Crippen LogP contribution is 2.20. The standard InChI is InChI=1S/C12H16FNO2/c1-3-8(2)6-12(16)14-11-5-4-9(15)7-10(11)13/h4-5,7-8,15H,3,6H2,1-2H3,(H,14,16). The summed E-state index contributed by atoms with van der Waals surface area (Å²) in [7, 11) is 0. The van der Waals surface area contributed by atoms with Crippen LogP contribution >= 0.6 is 0 Å². The van der Waals surface area contributed by atoms with Crippen molar-refractivity contribution < 1.29 is 14.3 Å². The van der Waals surface area contributed by atoms with E-state index in [1.54, 1.807) is 0 Å². The summed E-state index contributed by atoms with van der Waals surface area (Å²) in [6.45, 7) is 3.96. The van der Waals surface area contributed by atoms with Crippen molar-refractivity contribution in [2.24, 2.45) is 5.92 Å². The molecule has 0 radical (unpaired) electrons. The van der Waals surface area contributed by atoms with E-state index < -0.39 is 5.82 Å². The number of benzene rings is 1. The highest BCUT2D eigenvalue weighted by Gasteiger charge is 2.10. The minimum atomic E-state index is -0.627. The fraction of sp³-hybridized carbons (Fsp3) is 0.417. The van der Waals surface area contributed by atoms with Gasteiger partial charge in [0, 0.05) is 12.5 Å². The summed E-state index contributed by atoms with van der Waals surface area (Å²) in [5, 5.41) is 11.5. The van der Waals surface area contributed by atoms with Crippen molar-refractivity contribution in [2.75, 3.05) is 5.32 Å². The van der Waals surface area contributed by atoms with Crippen LogP contribution in [0, 0.1) is 11.7 Å². The van der Waals surface area contributed by atoms with Crippen LogP contribution in [0.25, 0.3) is 0 Å². The van der Waals surface area contributed by atoms with Crippen LogP contribution in [0.5, 0.6) is 5.75 Å². The van der Waals surface area contributed by atoms with Crippen LogP contribution in [0.1, 0.15) is 26.7 Å². The molecule has 16 heavy (non-hydrogen) atoms. The van der Waals surface area contributed by atoms with Crippen LogP contribution in [0.4, 0.5) is 10.1 Å². The second-order valence-corrected chi connectivity index (χ2v) is 3.93. The molecule has 88 valence electrons. The SMILES string of the molecule is CCC(C)CC(=O)Nc1ccc(O)cc1F. The van der Waals surface area contributed by atoms with Crippen LogP contribution in [0.15, 0.2) is 18.2 Å². The van der Waals surface area contributed by atoms with Crippen molar-refractivity contribution in [2.45, 2.75) is 26.7 Å². The Bertz CT molecular complexity index is 379. The average Bonchev–Trinajstić information content (AvgIpc) is 2.22. The number of amides is 1. The first kappa shape index (κ1) is 12.5. The summed E-state index contributed by atoms with van der Waals surface area (Å²) in [5.74, 6) is -0.714. The minimum absolute atomic E-state index is 0.103. The van der Waals surface area contributed by atoms with Gasteiger partial charge in [-0.1, -0.05) is 20.3 Å². The Labute approximate surface area is 94.3 Å². The van der Waals surface area contributed by atoms with Crippen LogP contribution in [-0.2, 0) is 4.79 Å². The van der Waals surface area contributed by atoms with E-state index in [9.17, 15) is 9.18 Å². The van der Waals surface area contributed by atoms with E-state index in [0.717, 1.165) is 12.5 Å². The van der Waals surface area contributed by atoms with Crippen molar-refractivity contribution in [1.82, 2.24) is 0 Å². The molecule has 1 aromatic carbocycles. The van der Waals surface area contributed by atoms with Crippen molar-refractivity contribution in [3.63, 3.8) is 0 Å². The highest BCUT2D eigenvalue weighted by atomic mass is 19.1. The highest BCUT2D eigenvalue weighted by molar-refractivity contribution is 5.91. The van der Waals surface area contributed by atoms with Crippen molar-refractivity contribution in [3.8, 4) is 5.75 Å². The van der Waals surface area contributed by atoms with Gasteiger partial charge in [-0.2, -0.15) is 0 Å². The van der Waals surface area contributed by atoms with Gasteiger partial charge in [0.05, 0.1) is 5.69 Å². The fourth-order valence-corrected chi connectivity index (χ4v) is 1.27. The molecule has 3 nitrogen and oxygen atoms in total. The van der Waals surface area contributed by atoms with Gasteiger partial charge in [-0.15, -0.1) is 0 Å². The van der Waals surface area contributed by atoms with E-state index in [2.05, 4.69) is 5.32 Å². The van der Waals surface area contributed by atoms with Crippen LogP contribution in [0.2, 0.25) is 0 Å². The molecule has 1 amide bonds. The molecule has 0 aliphatic carbocycles. The Morgan fingerprint density at radius 1 is 1.56 bits per heavy atom. The number of hydrogen-bond acceptors (Lipinski definition) is 2. The molecule has 0 aromatic heterocycles. The topological polar surface area (TPSA) is 49.3 Å². The Kier molecular flexibility index (Phi) is 4.28. The van der Waals surface area contributed by atoms with Gasteiger partial charge in [0.2, 0.25) is 5.91 Å². The third-order valence-corrected chi connectivity index (χ3v) is 2.46. The normalized spacial score (nSPS) is 12.2. The lowest BCUT2D eigenvalue weighted by atomic mass is 10.1. The van der Waals surface area contributed by atoms with Gasteiger partial charge in [0.1, 0.15) is 11.6 Å². The van der Waals surface area contributed by atoms with Gasteiger partial charge in [-0.3, -0.25) is 4.79 Å². The number of phenols is 1. The molecule has 0 heterocycles. The lowest BCUT2D eigenvalue weighted by Gasteiger charge is -2.09. The molecular formula is C12H16FNO2. The molecule has 0 fully saturated rings. The number of anilines is 1. The third-order valence-electron chi connectivity index (χ3n) is 2.46. The first-order chi connectivity index (χ1) is 7.52. The van der Waals surface area contributed by atoms with Crippen molar-refractivity contribution in [3.05, 3.63) is 24.0 Å². The summed E-state index contributed by atoms with van der Waals surface area (Å²) in [6.07, 6.45) is 1.28. The number of phenolic OH excluding ortho intramolecular Hbond substituents is 1. The number of halogens is 1. The molecule has 2 N–H and O–H groups in total. The molecule has 1 rings (SSSR count). The van der Waals surface area contributed by atoms with Gasteiger partial charge in [0.15, 0.2) is 0 Å². The average molecular weight is 225 g/mol. The summed E-state index contributed by atoms with van der Waals surface area (Å²) >= 11 is 0. The van der Waals surface area contributed by atoms with E-state index in [0.29, 0.717) is 6.42 Å². The van der Waals surface area contributed by atoms with E-state index in [1.165, 1.54) is 12.1 Å². The summed E-state index contributed by atoms with van der Waals surface area (Å²) in [5.41, 5.74) is 0.103. The van der Waals surface area contributed by atoms with E-state index in [4.69, 9.17) is 5.11 Å². The van der Waals surface area contributed by atoms with Gasteiger partial charge in [-0.25, -0.2) is 4.39 Å². The maximum atomic E-state index is 13.3. The maximum Gasteiger partial charge on any atom is 0.224 e. The number of carbonyl (C=O) groups is 1. The largest absolute Gasteiger partial charge is 0.508 e.